The highest BCUT2D eigenvalue weighted by Crippen LogP contribution is 2.12. The maximum absolute atomic E-state index is 5.51. The molecule has 0 aliphatic rings. The van der Waals surface area contributed by atoms with Gasteiger partial charge in [0.2, 0.25) is 0 Å². The van der Waals surface area contributed by atoms with Crippen molar-refractivity contribution in [3.8, 4) is 5.75 Å². The fraction of sp³-hybridized carbons (Fsp3) is 0.455. The first-order chi connectivity index (χ1) is 6.22. The second-order valence-electron chi connectivity index (χ2n) is 3.17. The van der Waals surface area contributed by atoms with E-state index >= 15 is 0 Å². The maximum atomic E-state index is 5.51. The molecule has 0 amide bonds. The van der Waals surface area contributed by atoms with E-state index < -0.39 is 0 Å². The number of rotatable bonds is 4. The van der Waals surface area contributed by atoms with E-state index in [2.05, 4.69) is 0 Å². The zero-order valence-electron chi connectivity index (χ0n) is 8.41. The number of aryl methyl sites for hydroxylation is 1. The lowest BCUT2D eigenvalue weighted by Crippen LogP contribution is -2.15. The van der Waals surface area contributed by atoms with E-state index in [9.17, 15) is 0 Å². The minimum Gasteiger partial charge on any atom is -0.491 e. The monoisotopic (exact) mass is 180 g/mol. The minimum atomic E-state index is 0.139. The van der Waals surface area contributed by atoms with Crippen LogP contribution in [0.25, 0.3) is 0 Å². The molecule has 1 aromatic carbocycles. The SMILES string of the molecule is COC(C)COc1cccc(C)c1. The number of ether oxygens (including phenoxy) is 2. The van der Waals surface area contributed by atoms with Crippen LogP contribution in [0.15, 0.2) is 24.3 Å². The molecule has 0 fully saturated rings. The van der Waals surface area contributed by atoms with Gasteiger partial charge in [-0.1, -0.05) is 12.1 Å². The molecule has 0 radical (unpaired) electrons. The van der Waals surface area contributed by atoms with E-state index in [0.29, 0.717) is 6.61 Å². The smallest absolute Gasteiger partial charge is 0.119 e. The number of methoxy groups -OCH3 is 1. The molecule has 72 valence electrons. The van der Waals surface area contributed by atoms with Crippen LogP contribution in [0.2, 0.25) is 0 Å². The van der Waals surface area contributed by atoms with E-state index in [1.807, 2.05) is 38.1 Å². The third kappa shape index (κ3) is 3.47. The summed E-state index contributed by atoms with van der Waals surface area (Å²) in [6, 6.07) is 8.01. The van der Waals surface area contributed by atoms with E-state index in [4.69, 9.17) is 9.47 Å². The van der Waals surface area contributed by atoms with Gasteiger partial charge in [-0.25, -0.2) is 0 Å². The van der Waals surface area contributed by atoms with Gasteiger partial charge in [0.25, 0.3) is 0 Å². The van der Waals surface area contributed by atoms with Gasteiger partial charge in [0.1, 0.15) is 12.4 Å². The van der Waals surface area contributed by atoms with E-state index in [1.54, 1.807) is 7.11 Å². The first-order valence-corrected chi connectivity index (χ1v) is 4.44. The van der Waals surface area contributed by atoms with E-state index in [0.717, 1.165) is 5.75 Å². The summed E-state index contributed by atoms with van der Waals surface area (Å²) in [5, 5.41) is 0. The van der Waals surface area contributed by atoms with Crippen molar-refractivity contribution >= 4 is 0 Å². The Bertz CT molecular complexity index is 258. The van der Waals surface area contributed by atoms with Gasteiger partial charge in [-0.3, -0.25) is 0 Å². The summed E-state index contributed by atoms with van der Waals surface area (Å²) in [4.78, 5) is 0. The Labute approximate surface area is 79.5 Å². The Balaban J connectivity index is 2.45. The molecule has 0 heterocycles. The summed E-state index contributed by atoms with van der Waals surface area (Å²) in [5.74, 6) is 0.906. The van der Waals surface area contributed by atoms with Gasteiger partial charge >= 0.3 is 0 Å². The van der Waals surface area contributed by atoms with Gasteiger partial charge in [-0.15, -0.1) is 0 Å². The molecular formula is C11H16O2. The quantitative estimate of drug-likeness (QED) is 0.708. The molecule has 0 aromatic heterocycles. The van der Waals surface area contributed by atoms with Crippen molar-refractivity contribution in [3.05, 3.63) is 29.8 Å². The van der Waals surface area contributed by atoms with Crippen molar-refractivity contribution in [2.45, 2.75) is 20.0 Å². The molecule has 2 heteroatoms. The maximum Gasteiger partial charge on any atom is 0.119 e. The molecule has 0 aliphatic heterocycles. The van der Waals surface area contributed by atoms with Crippen LogP contribution in [-0.4, -0.2) is 19.8 Å². The van der Waals surface area contributed by atoms with Crippen LogP contribution in [0.1, 0.15) is 12.5 Å². The average molecular weight is 180 g/mol. The lowest BCUT2D eigenvalue weighted by molar-refractivity contribution is 0.0716. The molecular weight excluding hydrogens is 164 g/mol. The Morgan fingerprint density at radius 1 is 1.38 bits per heavy atom. The molecule has 0 spiro atoms. The normalized spacial score (nSPS) is 12.5. The Kier molecular flexibility index (Phi) is 3.77. The zero-order chi connectivity index (χ0) is 9.68. The molecule has 0 aliphatic carbocycles. The minimum absolute atomic E-state index is 0.139. The molecule has 0 N–H and O–H groups in total. The fourth-order valence-corrected chi connectivity index (χ4v) is 0.987. The van der Waals surface area contributed by atoms with Crippen molar-refractivity contribution in [2.24, 2.45) is 0 Å². The highest BCUT2D eigenvalue weighted by Gasteiger charge is 2.00. The summed E-state index contributed by atoms with van der Waals surface area (Å²) in [7, 11) is 1.68. The van der Waals surface area contributed by atoms with Crippen LogP contribution >= 0.6 is 0 Å². The van der Waals surface area contributed by atoms with Gasteiger partial charge < -0.3 is 9.47 Å². The van der Waals surface area contributed by atoms with Crippen molar-refractivity contribution in [2.75, 3.05) is 13.7 Å². The van der Waals surface area contributed by atoms with Crippen LogP contribution in [0.5, 0.6) is 5.75 Å². The first-order valence-electron chi connectivity index (χ1n) is 4.44. The molecule has 2 nitrogen and oxygen atoms in total. The lowest BCUT2D eigenvalue weighted by Gasteiger charge is -2.11. The lowest BCUT2D eigenvalue weighted by atomic mass is 10.2. The standard InChI is InChI=1S/C11H16O2/c1-9-5-4-6-11(7-9)13-8-10(2)12-3/h4-7,10H,8H2,1-3H3. The number of hydrogen-bond donors (Lipinski definition) is 0. The zero-order valence-corrected chi connectivity index (χ0v) is 8.41. The van der Waals surface area contributed by atoms with Crippen molar-refractivity contribution in [1.29, 1.82) is 0 Å². The summed E-state index contributed by atoms with van der Waals surface area (Å²) in [6.45, 7) is 4.63. The van der Waals surface area contributed by atoms with Crippen LogP contribution in [0.4, 0.5) is 0 Å². The molecule has 0 bridgehead atoms. The average Bonchev–Trinajstić information content (AvgIpc) is 2.14. The third-order valence-corrected chi connectivity index (χ3v) is 1.88. The van der Waals surface area contributed by atoms with E-state index in [1.165, 1.54) is 5.56 Å². The van der Waals surface area contributed by atoms with Crippen molar-refractivity contribution in [1.82, 2.24) is 0 Å². The highest BCUT2D eigenvalue weighted by molar-refractivity contribution is 5.27. The van der Waals surface area contributed by atoms with Crippen molar-refractivity contribution < 1.29 is 9.47 Å². The second-order valence-corrected chi connectivity index (χ2v) is 3.17. The van der Waals surface area contributed by atoms with Crippen LogP contribution in [0, 0.1) is 6.92 Å². The fourth-order valence-electron chi connectivity index (χ4n) is 0.987. The summed E-state index contributed by atoms with van der Waals surface area (Å²) in [5.41, 5.74) is 1.21. The van der Waals surface area contributed by atoms with Gasteiger partial charge in [0.05, 0.1) is 6.10 Å². The summed E-state index contributed by atoms with van der Waals surface area (Å²) >= 11 is 0. The first kappa shape index (κ1) is 10.1. The number of benzene rings is 1. The molecule has 0 saturated heterocycles. The van der Waals surface area contributed by atoms with E-state index in [-0.39, 0.29) is 6.10 Å². The Hall–Kier alpha value is -1.02. The Morgan fingerprint density at radius 2 is 2.15 bits per heavy atom. The van der Waals surface area contributed by atoms with Gasteiger partial charge in [-0.2, -0.15) is 0 Å². The number of hydrogen-bond acceptors (Lipinski definition) is 2. The summed E-state index contributed by atoms with van der Waals surface area (Å²) < 4.78 is 10.6. The highest BCUT2D eigenvalue weighted by atomic mass is 16.5. The van der Waals surface area contributed by atoms with Crippen LogP contribution < -0.4 is 4.74 Å². The third-order valence-electron chi connectivity index (χ3n) is 1.88. The van der Waals surface area contributed by atoms with Gasteiger partial charge in [0.15, 0.2) is 0 Å². The molecule has 1 aromatic rings. The van der Waals surface area contributed by atoms with Crippen LogP contribution in [0.3, 0.4) is 0 Å². The van der Waals surface area contributed by atoms with Crippen LogP contribution in [-0.2, 0) is 4.74 Å². The molecule has 13 heavy (non-hydrogen) atoms. The largest absolute Gasteiger partial charge is 0.491 e. The predicted molar refractivity (Wildman–Crippen MR) is 53.1 cm³/mol. The molecule has 1 rings (SSSR count). The predicted octanol–water partition coefficient (Wildman–Crippen LogP) is 2.41. The molecule has 0 saturated carbocycles. The molecule has 1 atom stereocenters. The topological polar surface area (TPSA) is 18.5 Å². The van der Waals surface area contributed by atoms with Crippen molar-refractivity contribution in [3.63, 3.8) is 0 Å². The van der Waals surface area contributed by atoms with Gasteiger partial charge in [-0.05, 0) is 31.5 Å². The molecule has 1 unspecified atom stereocenters. The Morgan fingerprint density at radius 3 is 2.77 bits per heavy atom. The second kappa shape index (κ2) is 4.87. The summed E-state index contributed by atoms with van der Waals surface area (Å²) in [6.07, 6.45) is 0.139. The van der Waals surface area contributed by atoms with Gasteiger partial charge in [0, 0.05) is 7.11 Å².